The van der Waals surface area contributed by atoms with E-state index >= 15 is 0 Å². The van der Waals surface area contributed by atoms with Crippen molar-refractivity contribution in [1.29, 1.82) is 0 Å². The van der Waals surface area contributed by atoms with Crippen LogP contribution >= 0.6 is 11.6 Å². The fourth-order valence-corrected chi connectivity index (χ4v) is 1.45. The van der Waals surface area contributed by atoms with E-state index < -0.39 is 11.9 Å². The molecule has 1 rings (SSSR count). The number of ketones is 1. The first-order valence-electron chi connectivity index (χ1n) is 4.15. The number of nitrogens with two attached hydrogens (primary N) is 1. The van der Waals surface area contributed by atoms with Crippen molar-refractivity contribution in [1.82, 2.24) is 0 Å². The molecule has 1 aromatic carbocycles. The molecule has 1 atom stereocenters. The molecule has 0 saturated carbocycles. The standard InChI is InChI=1S/C10H11ClFNO/c1-5-3-8(11)7(4-9(5)12)10(13)6(2)14/h3-4,10H,13H2,1-2H3. The molecule has 0 heterocycles. The zero-order valence-corrected chi connectivity index (χ0v) is 8.73. The minimum Gasteiger partial charge on any atom is -0.318 e. The zero-order valence-electron chi connectivity index (χ0n) is 7.97. The van der Waals surface area contributed by atoms with E-state index in [0.29, 0.717) is 16.1 Å². The summed E-state index contributed by atoms with van der Waals surface area (Å²) < 4.78 is 13.2. The predicted molar refractivity (Wildman–Crippen MR) is 53.8 cm³/mol. The molecule has 0 aliphatic rings. The smallest absolute Gasteiger partial charge is 0.151 e. The van der Waals surface area contributed by atoms with Crippen LogP contribution in [0.4, 0.5) is 4.39 Å². The van der Waals surface area contributed by atoms with E-state index in [4.69, 9.17) is 17.3 Å². The third-order valence-electron chi connectivity index (χ3n) is 2.05. The van der Waals surface area contributed by atoms with Gasteiger partial charge in [0.1, 0.15) is 5.82 Å². The molecule has 76 valence electrons. The Kier molecular flexibility index (Phi) is 3.24. The molecule has 1 aromatic rings. The van der Waals surface area contributed by atoms with Crippen LogP contribution in [0.5, 0.6) is 0 Å². The van der Waals surface area contributed by atoms with Gasteiger partial charge < -0.3 is 5.73 Å². The third kappa shape index (κ3) is 2.11. The van der Waals surface area contributed by atoms with Gasteiger partial charge in [-0.15, -0.1) is 0 Å². The van der Waals surface area contributed by atoms with Gasteiger partial charge in [0.15, 0.2) is 5.78 Å². The Hall–Kier alpha value is -0.930. The number of benzene rings is 1. The SMILES string of the molecule is CC(=O)C(N)c1cc(F)c(C)cc1Cl. The van der Waals surface area contributed by atoms with Crippen LogP contribution in [0.1, 0.15) is 24.1 Å². The Bertz CT molecular complexity index is 379. The summed E-state index contributed by atoms with van der Waals surface area (Å²) in [4.78, 5) is 11.0. The molecule has 0 bridgehead atoms. The highest BCUT2D eigenvalue weighted by Crippen LogP contribution is 2.25. The molecule has 0 aliphatic heterocycles. The Labute approximate surface area is 86.9 Å². The molecule has 1 unspecified atom stereocenters. The molecule has 2 N–H and O–H groups in total. The molecule has 0 fully saturated rings. The summed E-state index contributed by atoms with van der Waals surface area (Å²) in [6, 6.07) is 1.83. The third-order valence-corrected chi connectivity index (χ3v) is 2.38. The number of hydrogen-bond acceptors (Lipinski definition) is 2. The number of rotatable bonds is 2. The highest BCUT2D eigenvalue weighted by molar-refractivity contribution is 6.31. The van der Waals surface area contributed by atoms with Crippen LogP contribution in [0.15, 0.2) is 12.1 Å². The average molecular weight is 216 g/mol. The molecule has 0 radical (unpaired) electrons. The molecule has 4 heteroatoms. The van der Waals surface area contributed by atoms with Gasteiger partial charge in [0.2, 0.25) is 0 Å². The second-order valence-corrected chi connectivity index (χ2v) is 3.62. The summed E-state index contributed by atoms with van der Waals surface area (Å²) in [6.07, 6.45) is 0. The number of hydrogen-bond donors (Lipinski definition) is 1. The van der Waals surface area contributed by atoms with Crippen LogP contribution in [-0.4, -0.2) is 5.78 Å². The van der Waals surface area contributed by atoms with E-state index in [2.05, 4.69) is 0 Å². The van der Waals surface area contributed by atoms with E-state index in [1.54, 1.807) is 6.92 Å². The summed E-state index contributed by atoms with van der Waals surface area (Å²) in [7, 11) is 0. The van der Waals surface area contributed by atoms with Crippen molar-refractivity contribution in [3.63, 3.8) is 0 Å². The van der Waals surface area contributed by atoms with Crippen LogP contribution in [-0.2, 0) is 4.79 Å². The van der Waals surface area contributed by atoms with Gasteiger partial charge >= 0.3 is 0 Å². The lowest BCUT2D eigenvalue weighted by Gasteiger charge is -2.11. The number of Topliss-reactive ketones (excluding diaryl/α,β-unsaturated/α-hetero) is 1. The summed E-state index contributed by atoms with van der Waals surface area (Å²) in [5.41, 5.74) is 6.33. The van der Waals surface area contributed by atoms with Crippen molar-refractivity contribution >= 4 is 17.4 Å². The second kappa shape index (κ2) is 4.07. The molecule has 0 amide bonds. The molecular formula is C10H11ClFNO. The van der Waals surface area contributed by atoms with Crippen molar-refractivity contribution in [2.24, 2.45) is 5.73 Å². The molecule has 0 spiro atoms. The lowest BCUT2D eigenvalue weighted by atomic mass is 10.0. The first kappa shape index (κ1) is 11.1. The van der Waals surface area contributed by atoms with Crippen molar-refractivity contribution in [3.8, 4) is 0 Å². The van der Waals surface area contributed by atoms with Gasteiger partial charge in [-0.3, -0.25) is 4.79 Å². The van der Waals surface area contributed by atoms with Crippen molar-refractivity contribution in [2.45, 2.75) is 19.9 Å². The van der Waals surface area contributed by atoms with Gasteiger partial charge in [-0.25, -0.2) is 4.39 Å². The Balaban J connectivity index is 3.22. The van der Waals surface area contributed by atoms with Gasteiger partial charge in [0.25, 0.3) is 0 Å². The lowest BCUT2D eigenvalue weighted by Crippen LogP contribution is -2.19. The normalized spacial score (nSPS) is 12.6. The average Bonchev–Trinajstić information content (AvgIpc) is 2.10. The summed E-state index contributed by atoms with van der Waals surface area (Å²) >= 11 is 5.84. The molecule has 2 nitrogen and oxygen atoms in total. The molecule has 0 saturated heterocycles. The maximum absolute atomic E-state index is 13.2. The molecule has 0 aliphatic carbocycles. The fraction of sp³-hybridized carbons (Fsp3) is 0.300. The highest BCUT2D eigenvalue weighted by atomic mass is 35.5. The Morgan fingerprint density at radius 1 is 1.57 bits per heavy atom. The highest BCUT2D eigenvalue weighted by Gasteiger charge is 2.16. The Morgan fingerprint density at radius 3 is 2.64 bits per heavy atom. The fourth-order valence-electron chi connectivity index (χ4n) is 1.12. The van der Waals surface area contributed by atoms with Gasteiger partial charge in [-0.1, -0.05) is 11.6 Å². The van der Waals surface area contributed by atoms with E-state index in [9.17, 15) is 9.18 Å². The largest absolute Gasteiger partial charge is 0.318 e. The number of carbonyl (C=O) groups excluding carboxylic acids is 1. The van der Waals surface area contributed by atoms with Crippen LogP contribution in [0.2, 0.25) is 5.02 Å². The maximum atomic E-state index is 13.2. The molecule has 14 heavy (non-hydrogen) atoms. The van der Waals surface area contributed by atoms with E-state index in [1.165, 1.54) is 19.1 Å². The first-order valence-corrected chi connectivity index (χ1v) is 4.53. The quantitative estimate of drug-likeness (QED) is 0.823. The molecule has 0 aromatic heterocycles. The Morgan fingerprint density at radius 2 is 2.14 bits per heavy atom. The van der Waals surface area contributed by atoms with Crippen LogP contribution < -0.4 is 5.73 Å². The van der Waals surface area contributed by atoms with Crippen molar-refractivity contribution in [3.05, 3.63) is 34.1 Å². The summed E-state index contributed by atoms with van der Waals surface area (Å²) in [5, 5.41) is 0.326. The summed E-state index contributed by atoms with van der Waals surface area (Å²) in [5.74, 6) is -0.642. The number of halogens is 2. The number of carbonyl (C=O) groups is 1. The van der Waals surface area contributed by atoms with Crippen LogP contribution in [0.25, 0.3) is 0 Å². The summed E-state index contributed by atoms with van der Waals surface area (Å²) in [6.45, 7) is 2.95. The minimum atomic E-state index is -0.849. The van der Waals surface area contributed by atoms with Gasteiger partial charge in [-0.05, 0) is 37.1 Å². The van der Waals surface area contributed by atoms with Gasteiger partial charge in [0.05, 0.1) is 6.04 Å². The zero-order chi connectivity index (χ0) is 10.9. The van der Waals surface area contributed by atoms with E-state index in [0.717, 1.165) is 0 Å². The maximum Gasteiger partial charge on any atom is 0.151 e. The molecular weight excluding hydrogens is 205 g/mol. The second-order valence-electron chi connectivity index (χ2n) is 3.21. The van der Waals surface area contributed by atoms with Crippen molar-refractivity contribution < 1.29 is 9.18 Å². The van der Waals surface area contributed by atoms with E-state index in [-0.39, 0.29) is 5.78 Å². The number of aryl methyl sites for hydroxylation is 1. The predicted octanol–water partition coefficient (Wildman–Crippen LogP) is 2.38. The first-order chi connectivity index (χ1) is 6.43. The topological polar surface area (TPSA) is 43.1 Å². The van der Waals surface area contributed by atoms with Gasteiger partial charge in [-0.2, -0.15) is 0 Å². The van der Waals surface area contributed by atoms with Crippen LogP contribution in [0, 0.1) is 12.7 Å². The van der Waals surface area contributed by atoms with Gasteiger partial charge in [0, 0.05) is 5.02 Å². The van der Waals surface area contributed by atoms with E-state index in [1.807, 2.05) is 0 Å². The van der Waals surface area contributed by atoms with Crippen LogP contribution in [0.3, 0.4) is 0 Å². The monoisotopic (exact) mass is 215 g/mol. The van der Waals surface area contributed by atoms with Crippen molar-refractivity contribution in [2.75, 3.05) is 0 Å². The lowest BCUT2D eigenvalue weighted by molar-refractivity contribution is -0.118. The minimum absolute atomic E-state index is 0.241.